The molecule has 2 aromatic rings. The van der Waals surface area contributed by atoms with E-state index in [-0.39, 0.29) is 5.91 Å². The smallest absolute Gasteiger partial charge is 0.310 e. The van der Waals surface area contributed by atoms with E-state index in [1.165, 1.54) is 0 Å². The van der Waals surface area contributed by atoms with Crippen molar-refractivity contribution in [1.29, 1.82) is 0 Å². The first-order chi connectivity index (χ1) is 12.1. The number of amides is 1. The number of carbonyl (C=O) groups is 2. The van der Waals surface area contributed by atoms with Gasteiger partial charge in [-0.15, -0.1) is 0 Å². The van der Waals surface area contributed by atoms with E-state index in [1.54, 1.807) is 12.2 Å². The Morgan fingerprint density at radius 1 is 0.880 bits per heavy atom. The highest BCUT2D eigenvalue weighted by molar-refractivity contribution is 5.99. The van der Waals surface area contributed by atoms with Gasteiger partial charge in [-0.05, 0) is 11.6 Å². The standard InChI is InChI=1S/C20H17NO4/c22-19(17-15-10-11-16(25-15)18(17)20(23)24)21-14-9-5-4-8-13(14)12-6-2-1-3-7-12/h1-11,15-18H,(H,21,22)(H,23,24)/t15-,16+,17-,18+/m1/s1. The van der Waals surface area contributed by atoms with Gasteiger partial charge >= 0.3 is 5.97 Å². The zero-order valence-corrected chi connectivity index (χ0v) is 13.3. The summed E-state index contributed by atoms with van der Waals surface area (Å²) in [5.74, 6) is -2.91. The van der Waals surface area contributed by atoms with Crippen LogP contribution in [0.2, 0.25) is 0 Å². The van der Waals surface area contributed by atoms with E-state index in [2.05, 4.69) is 5.32 Å². The molecule has 1 saturated heterocycles. The van der Waals surface area contributed by atoms with Gasteiger partial charge in [-0.25, -0.2) is 0 Å². The van der Waals surface area contributed by atoms with Crippen LogP contribution in [0.25, 0.3) is 11.1 Å². The summed E-state index contributed by atoms with van der Waals surface area (Å²) in [5, 5.41) is 12.4. The molecular weight excluding hydrogens is 318 g/mol. The highest BCUT2D eigenvalue weighted by Crippen LogP contribution is 2.40. The van der Waals surface area contributed by atoms with Crippen molar-refractivity contribution in [3.05, 3.63) is 66.7 Å². The number of carboxylic acids is 1. The monoisotopic (exact) mass is 335 g/mol. The number of benzene rings is 2. The molecule has 4 atom stereocenters. The van der Waals surface area contributed by atoms with Crippen LogP contribution in [0, 0.1) is 11.8 Å². The number of carbonyl (C=O) groups excluding carboxylic acids is 1. The molecule has 0 aliphatic carbocycles. The number of para-hydroxylation sites is 1. The van der Waals surface area contributed by atoms with Crippen molar-refractivity contribution in [2.45, 2.75) is 12.2 Å². The fourth-order valence-electron chi connectivity index (χ4n) is 3.59. The number of nitrogens with one attached hydrogen (secondary N) is 1. The molecule has 2 aliphatic rings. The quantitative estimate of drug-likeness (QED) is 0.843. The van der Waals surface area contributed by atoms with Gasteiger partial charge in [0.1, 0.15) is 5.92 Å². The lowest BCUT2D eigenvalue weighted by Gasteiger charge is -2.21. The van der Waals surface area contributed by atoms with Crippen molar-refractivity contribution in [3.63, 3.8) is 0 Å². The molecule has 2 heterocycles. The van der Waals surface area contributed by atoms with Gasteiger partial charge in [-0.3, -0.25) is 9.59 Å². The van der Waals surface area contributed by atoms with Gasteiger partial charge < -0.3 is 15.2 Å². The van der Waals surface area contributed by atoms with Gasteiger partial charge in [-0.2, -0.15) is 0 Å². The predicted octanol–water partition coefficient (Wildman–Crippen LogP) is 2.95. The number of rotatable bonds is 4. The first kappa shape index (κ1) is 15.6. The molecule has 0 radical (unpaired) electrons. The average molecular weight is 335 g/mol. The largest absolute Gasteiger partial charge is 0.481 e. The van der Waals surface area contributed by atoms with Crippen molar-refractivity contribution < 1.29 is 19.4 Å². The number of ether oxygens (including phenoxy) is 1. The Labute approximate surface area is 144 Å². The molecule has 2 aliphatic heterocycles. The van der Waals surface area contributed by atoms with Crippen LogP contribution in [0.4, 0.5) is 5.69 Å². The van der Waals surface area contributed by atoms with Crippen LogP contribution in [-0.2, 0) is 14.3 Å². The first-order valence-electron chi connectivity index (χ1n) is 8.17. The van der Waals surface area contributed by atoms with Crippen molar-refractivity contribution in [2.24, 2.45) is 11.8 Å². The summed E-state index contributed by atoms with van der Waals surface area (Å²) in [5.41, 5.74) is 2.54. The summed E-state index contributed by atoms with van der Waals surface area (Å²) < 4.78 is 5.58. The molecule has 1 amide bonds. The van der Waals surface area contributed by atoms with Crippen LogP contribution in [0.15, 0.2) is 66.7 Å². The van der Waals surface area contributed by atoms with E-state index in [0.29, 0.717) is 5.69 Å². The van der Waals surface area contributed by atoms with E-state index in [4.69, 9.17) is 4.74 Å². The molecule has 2 bridgehead atoms. The maximum atomic E-state index is 12.8. The lowest BCUT2D eigenvalue weighted by atomic mass is 9.82. The number of hydrogen-bond donors (Lipinski definition) is 2. The zero-order chi connectivity index (χ0) is 17.4. The number of hydrogen-bond acceptors (Lipinski definition) is 3. The van der Waals surface area contributed by atoms with Gasteiger partial charge in [0.15, 0.2) is 0 Å². The second-order valence-electron chi connectivity index (χ2n) is 6.24. The summed E-state index contributed by atoms with van der Waals surface area (Å²) in [7, 11) is 0. The topological polar surface area (TPSA) is 75.6 Å². The van der Waals surface area contributed by atoms with E-state index in [0.717, 1.165) is 11.1 Å². The predicted molar refractivity (Wildman–Crippen MR) is 92.9 cm³/mol. The minimum atomic E-state index is -1.01. The lowest BCUT2D eigenvalue weighted by Crippen LogP contribution is -2.39. The number of carboxylic acid groups (broad SMARTS) is 1. The minimum Gasteiger partial charge on any atom is -0.481 e. The lowest BCUT2D eigenvalue weighted by molar-refractivity contribution is -0.145. The van der Waals surface area contributed by atoms with Crippen LogP contribution in [-0.4, -0.2) is 29.2 Å². The molecule has 2 N–H and O–H groups in total. The van der Waals surface area contributed by atoms with Crippen molar-refractivity contribution in [3.8, 4) is 11.1 Å². The third kappa shape index (κ3) is 2.72. The molecule has 1 fully saturated rings. The highest BCUT2D eigenvalue weighted by Gasteiger charge is 2.53. The number of anilines is 1. The minimum absolute atomic E-state index is 0.326. The van der Waals surface area contributed by atoms with Gasteiger partial charge in [0.25, 0.3) is 0 Å². The third-order valence-electron chi connectivity index (χ3n) is 4.76. The molecule has 126 valence electrons. The molecular formula is C20H17NO4. The van der Waals surface area contributed by atoms with Crippen LogP contribution in [0.5, 0.6) is 0 Å². The Morgan fingerprint density at radius 3 is 2.24 bits per heavy atom. The van der Waals surface area contributed by atoms with E-state index >= 15 is 0 Å². The van der Waals surface area contributed by atoms with Gasteiger partial charge in [0, 0.05) is 11.3 Å². The maximum Gasteiger partial charge on any atom is 0.310 e. The van der Waals surface area contributed by atoms with Crippen molar-refractivity contribution in [2.75, 3.05) is 5.32 Å². The van der Waals surface area contributed by atoms with Crippen LogP contribution < -0.4 is 5.32 Å². The summed E-state index contributed by atoms with van der Waals surface area (Å²) >= 11 is 0. The second-order valence-corrected chi connectivity index (χ2v) is 6.24. The first-order valence-corrected chi connectivity index (χ1v) is 8.17. The SMILES string of the molecule is O=C(O)[C@@H]1[C@H](C(=O)Nc2ccccc2-c2ccccc2)[C@H]2C=C[C@@H]1O2. The van der Waals surface area contributed by atoms with E-state index in [9.17, 15) is 14.7 Å². The number of aliphatic carboxylic acids is 1. The number of fused-ring (bicyclic) bond motifs is 2. The van der Waals surface area contributed by atoms with E-state index in [1.807, 2.05) is 54.6 Å². The Kier molecular flexibility index (Phi) is 3.86. The Hall–Kier alpha value is -2.92. The molecule has 25 heavy (non-hydrogen) atoms. The molecule has 0 spiro atoms. The molecule has 5 nitrogen and oxygen atoms in total. The fraction of sp³-hybridized carbons (Fsp3) is 0.200. The molecule has 4 rings (SSSR count). The molecule has 0 unspecified atom stereocenters. The molecule has 5 heteroatoms. The van der Waals surface area contributed by atoms with Gasteiger partial charge in [0.05, 0.1) is 18.1 Å². The highest BCUT2D eigenvalue weighted by atomic mass is 16.5. The Bertz CT molecular complexity index is 846. The summed E-state index contributed by atoms with van der Waals surface area (Å²) in [6.45, 7) is 0. The second kappa shape index (κ2) is 6.18. The van der Waals surface area contributed by atoms with Gasteiger partial charge in [0.2, 0.25) is 5.91 Å². The molecule has 2 aromatic carbocycles. The summed E-state index contributed by atoms with van der Waals surface area (Å²) in [6.07, 6.45) is 2.50. The van der Waals surface area contributed by atoms with Crippen LogP contribution in [0.1, 0.15) is 0 Å². The van der Waals surface area contributed by atoms with Crippen molar-refractivity contribution >= 4 is 17.6 Å². The maximum absolute atomic E-state index is 12.8. The zero-order valence-electron chi connectivity index (χ0n) is 13.3. The van der Waals surface area contributed by atoms with Crippen LogP contribution >= 0.6 is 0 Å². The summed E-state index contributed by atoms with van der Waals surface area (Å²) in [4.78, 5) is 24.4. The molecule has 0 aromatic heterocycles. The Morgan fingerprint density at radius 2 is 1.52 bits per heavy atom. The fourth-order valence-corrected chi connectivity index (χ4v) is 3.59. The third-order valence-corrected chi connectivity index (χ3v) is 4.76. The van der Waals surface area contributed by atoms with Crippen molar-refractivity contribution in [1.82, 2.24) is 0 Å². The van der Waals surface area contributed by atoms with Gasteiger partial charge in [-0.1, -0.05) is 60.7 Å². The van der Waals surface area contributed by atoms with E-state index < -0.39 is 30.0 Å². The normalized spacial score (nSPS) is 26.6. The molecule has 0 saturated carbocycles. The van der Waals surface area contributed by atoms with Crippen LogP contribution in [0.3, 0.4) is 0 Å². The average Bonchev–Trinajstić information content (AvgIpc) is 3.24. The Balaban J connectivity index is 1.62. The summed E-state index contributed by atoms with van der Waals surface area (Å²) in [6, 6.07) is 17.2.